The first kappa shape index (κ1) is 8.91. The van der Waals surface area contributed by atoms with E-state index in [2.05, 4.69) is 12.1 Å². The number of thioether (sulfide) groups is 1. The lowest BCUT2D eigenvalue weighted by atomic mass is 10.2. The number of hydrogen-bond acceptors (Lipinski definition) is 3. The lowest BCUT2D eigenvalue weighted by Gasteiger charge is -2.24. The lowest BCUT2D eigenvalue weighted by Crippen LogP contribution is -2.41. The molecule has 13 heavy (non-hydrogen) atoms. The third kappa shape index (κ3) is 1.98. The van der Waals surface area contributed by atoms with Crippen LogP contribution in [0.4, 0.5) is 5.69 Å². The molecule has 1 saturated heterocycles. The predicted molar refractivity (Wildman–Crippen MR) is 58.8 cm³/mol. The topological polar surface area (TPSA) is 29.3 Å². The molecule has 1 aromatic rings. The minimum absolute atomic E-state index is 0.521. The third-order valence-corrected chi connectivity index (χ3v) is 3.50. The van der Waals surface area contributed by atoms with Gasteiger partial charge in [0.1, 0.15) is 0 Å². The van der Waals surface area contributed by atoms with E-state index >= 15 is 0 Å². The summed E-state index contributed by atoms with van der Waals surface area (Å²) in [6.45, 7) is 0. The molecule has 1 unspecified atom stereocenters. The van der Waals surface area contributed by atoms with Crippen molar-refractivity contribution in [3.05, 3.63) is 30.3 Å². The molecule has 3 heteroatoms. The maximum atomic E-state index is 6.02. The molecule has 0 aliphatic carbocycles. The molecular formula is C10H14N2S. The van der Waals surface area contributed by atoms with Crippen molar-refractivity contribution in [2.45, 2.75) is 12.5 Å². The zero-order valence-electron chi connectivity index (χ0n) is 7.52. The molecule has 1 aliphatic rings. The fourth-order valence-electron chi connectivity index (χ4n) is 1.55. The van der Waals surface area contributed by atoms with Gasteiger partial charge < -0.3 is 5.01 Å². The molecule has 0 saturated carbocycles. The van der Waals surface area contributed by atoms with Crippen LogP contribution in [0.5, 0.6) is 0 Å². The number of benzene rings is 1. The van der Waals surface area contributed by atoms with Crippen LogP contribution in [0.25, 0.3) is 0 Å². The Labute approximate surface area is 83.1 Å². The average Bonchev–Trinajstić information content (AvgIpc) is 2.71. The first-order chi connectivity index (χ1) is 6.38. The summed E-state index contributed by atoms with van der Waals surface area (Å²) in [6, 6.07) is 10.7. The van der Waals surface area contributed by atoms with Gasteiger partial charge in [0.15, 0.2) is 0 Å². The van der Waals surface area contributed by atoms with Crippen molar-refractivity contribution in [2.75, 3.05) is 16.5 Å². The second kappa shape index (κ2) is 4.03. The summed E-state index contributed by atoms with van der Waals surface area (Å²) in [4.78, 5) is 0. The maximum Gasteiger partial charge on any atom is 0.0550 e. The van der Waals surface area contributed by atoms with Gasteiger partial charge in [0, 0.05) is 5.75 Å². The van der Waals surface area contributed by atoms with Crippen molar-refractivity contribution in [1.29, 1.82) is 0 Å². The molecule has 2 nitrogen and oxygen atoms in total. The maximum absolute atomic E-state index is 6.02. The predicted octanol–water partition coefficient (Wildman–Crippen LogP) is 1.87. The lowest BCUT2D eigenvalue weighted by molar-refractivity contribution is 0.665. The standard InChI is InChI=1S/C10H14N2S/c11-12(10-6-7-13-8-10)9-4-2-1-3-5-9/h1-5,10H,6-8,11H2. The van der Waals surface area contributed by atoms with Crippen molar-refractivity contribution in [1.82, 2.24) is 0 Å². The number of hydrazine groups is 1. The number of para-hydroxylation sites is 1. The molecule has 0 aromatic heterocycles. The van der Waals surface area contributed by atoms with E-state index < -0.39 is 0 Å². The summed E-state index contributed by atoms with van der Waals surface area (Å²) < 4.78 is 0. The van der Waals surface area contributed by atoms with Crippen LogP contribution in [-0.2, 0) is 0 Å². The van der Waals surface area contributed by atoms with E-state index in [4.69, 9.17) is 5.84 Å². The van der Waals surface area contributed by atoms with Crippen molar-refractivity contribution in [3.63, 3.8) is 0 Å². The first-order valence-electron chi connectivity index (χ1n) is 4.54. The van der Waals surface area contributed by atoms with Gasteiger partial charge in [-0.15, -0.1) is 0 Å². The van der Waals surface area contributed by atoms with Gasteiger partial charge in [0.25, 0.3) is 0 Å². The van der Waals surface area contributed by atoms with Gasteiger partial charge in [-0.05, 0) is 24.3 Å². The van der Waals surface area contributed by atoms with E-state index in [1.54, 1.807) is 0 Å². The fraction of sp³-hybridized carbons (Fsp3) is 0.400. The molecule has 1 heterocycles. The Morgan fingerprint density at radius 2 is 2.08 bits per heavy atom. The average molecular weight is 194 g/mol. The molecule has 1 aliphatic heterocycles. The van der Waals surface area contributed by atoms with Crippen LogP contribution < -0.4 is 10.9 Å². The molecule has 70 valence electrons. The van der Waals surface area contributed by atoms with Crippen LogP contribution in [0.3, 0.4) is 0 Å². The van der Waals surface area contributed by atoms with Gasteiger partial charge in [0.2, 0.25) is 0 Å². The van der Waals surface area contributed by atoms with Gasteiger partial charge in [0.05, 0.1) is 11.7 Å². The third-order valence-electron chi connectivity index (χ3n) is 2.35. The summed E-state index contributed by atoms with van der Waals surface area (Å²) in [7, 11) is 0. The molecule has 0 radical (unpaired) electrons. The molecule has 0 bridgehead atoms. The van der Waals surface area contributed by atoms with Crippen LogP contribution in [0.1, 0.15) is 6.42 Å². The minimum Gasteiger partial charge on any atom is -0.307 e. The highest BCUT2D eigenvalue weighted by atomic mass is 32.2. The zero-order valence-corrected chi connectivity index (χ0v) is 8.33. The van der Waals surface area contributed by atoms with E-state index in [-0.39, 0.29) is 0 Å². The zero-order chi connectivity index (χ0) is 9.10. The molecule has 0 spiro atoms. The van der Waals surface area contributed by atoms with Gasteiger partial charge >= 0.3 is 0 Å². The van der Waals surface area contributed by atoms with Crippen LogP contribution in [0.2, 0.25) is 0 Å². The minimum atomic E-state index is 0.521. The van der Waals surface area contributed by atoms with Crippen LogP contribution in [0.15, 0.2) is 30.3 Å². The van der Waals surface area contributed by atoms with Gasteiger partial charge in [-0.2, -0.15) is 11.8 Å². The molecule has 1 fully saturated rings. The molecule has 0 amide bonds. The van der Waals surface area contributed by atoms with Gasteiger partial charge in [-0.3, -0.25) is 0 Å². The van der Waals surface area contributed by atoms with E-state index in [0.29, 0.717) is 6.04 Å². The number of hydrogen-bond donors (Lipinski definition) is 1. The molecular weight excluding hydrogens is 180 g/mol. The smallest absolute Gasteiger partial charge is 0.0550 e. The van der Waals surface area contributed by atoms with E-state index in [1.807, 2.05) is 35.0 Å². The number of rotatable bonds is 2. The van der Waals surface area contributed by atoms with Crippen LogP contribution >= 0.6 is 11.8 Å². The Kier molecular flexibility index (Phi) is 2.76. The Morgan fingerprint density at radius 3 is 2.69 bits per heavy atom. The number of anilines is 1. The van der Waals surface area contributed by atoms with Crippen LogP contribution in [-0.4, -0.2) is 17.5 Å². The highest BCUT2D eigenvalue weighted by Gasteiger charge is 2.20. The summed E-state index contributed by atoms with van der Waals surface area (Å²) >= 11 is 1.98. The summed E-state index contributed by atoms with van der Waals surface area (Å²) in [5, 5.41) is 1.90. The second-order valence-corrected chi connectivity index (χ2v) is 4.41. The van der Waals surface area contributed by atoms with Crippen LogP contribution in [0, 0.1) is 0 Å². The SMILES string of the molecule is NN(c1ccccc1)C1CCSC1. The summed E-state index contributed by atoms with van der Waals surface area (Å²) in [6.07, 6.45) is 1.20. The second-order valence-electron chi connectivity index (χ2n) is 3.26. The van der Waals surface area contributed by atoms with Gasteiger partial charge in [-0.1, -0.05) is 18.2 Å². The Hall–Kier alpha value is -0.670. The summed E-state index contributed by atoms with van der Waals surface area (Å²) in [5.41, 5.74) is 1.12. The van der Waals surface area contributed by atoms with E-state index in [9.17, 15) is 0 Å². The normalized spacial score (nSPS) is 21.8. The van der Waals surface area contributed by atoms with Gasteiger partial charge in [-0.25, -0.2) is 5.84 Å². The first-order valence-corrected chi connectivity index (χ1v) is 5.70. The van der Waals surface area contributed by atoms with E-state index in [1.165, 1.54) is 12.2 Å². The highest BCUT2D eigenvalue weighted by Crippen LogP contribution is 2.24. The Morgan fingerprint density at radius 1 is 1.31 bits per heavy atom. The summed E-state index contributed by atoms with van der Waals surface area (Å²) in [5.74, 6) is 8.42. The number of nitrogens with two attached hydrogens (primary N) is 1. The van der Waals surface area contributed by atoms with Crippen molar-refractivity contribution in [2.24, 2.45) is 5.84 Å². The highest BCUT2D eigenvalue weighted by molar-refractivity contribution is 7.99. The molecule has 1 aromatic carbocycles. The molecule has 2 rings (SSSR count). The monoisotopic (exact) mass is 194 g/mol. The van der Waals surface area contributed by atoms with Crippen molar-refractivity contribution >= 4 is 17.4 Å². The fourth-order valence-corrected chi connectivity index (χ4v) is 2.76. The number of nitrogens with zero attached hydrogens (tertiary/aromatic N) is 1. The largest absolute Gasteiger partial charge is 0.307 e. The quantitative estimate of drug-likeness (QED) is 0.575. The Balaban J connectivity index is 2.08. The Bertz CT molecular complexity index is 257. The van der Waals surface area contributed by atoms with Crippen molar-refractivity contribution in [3.8, 4) is 0 Å². The van der Waals surface area contributed by atoms with E-state index in [0.717, 1.165) is 11.4 Å². The van der Waals surface area contributed by atoms with Crippen molar-refractivity contribution < 1.29 is 0 Å². The molecule has 2 N–H and O–H groups in total. The molecule has 1 atom stereocenters.